The van der Waals surface area contributed by atoms with Crippen molar-refractivity contribution in [3.8, 4) is 11.3 Å². The Morgan fingerprint density at radius 3 is 2.61 bits per heavy atom. The first-order chi connectivity index (χ1) is 15.9. The first-order valence-corrected chi connectivity index (χ1v) is 12.9. The van der Waals surface area contributed by atoms with Crippen LogP contribution in [-0.2, 0) is 16.0 Å². The van der Waals surface area contributed by atoms with Crippen LogP contribution in [0.2, 0.25) is 0 Å². The van der Waals surface area contributed by atoms with Crippen LogP contribution in [-0.4, -0.2) is 46.3 Å². The Hall–Kier alpha value is -2.62. The Labute approximate surface area is 202 Å². The number of benzene rings is 1. The van der Waals surface area contributed by atoms with Crippen molar-refractivity contribution in [2.45, 2.75) is 40.0 Å². The first-order valence-electron chi connectivity index (χ1n) is 11.2. The molecule has 0 saturated carbocycles. The van der Waals surface area contributed by atoms with Crippen LogP contribution in [0.25, 0.3) is 11.3 Å². The van der Waals surface area contributed by atoms with E-state index in [4.69, 9.17) is 0 Å². The highest BCUT2D eigenvalue weighted by Crippen LogP contribution is 2.27. The van der Waals surface area contributed by atoms with E-state index in [-0.39, 0.29) is 24.3 Å². The topological polar surface area (TPSA) is 87.2 Å². The second-order valence-electron chi connectivity index (χ2n) is 8.36. The summed E-state index contributed by atoms with van der Waals surface area (Å²) in [4.78, 5) is 37.4. The van der Waals surface area contributed by atoms with Crippen LogP contribution in [0.1, 0.15) is 35.9 Å². The number of anilines is 2. The molecule has 9 heteroatoms. The second kappa shape index (κ2) is 10.5. The molecule has 1 aromatic carbocycles. The zero-order valence-electron chi connectivity index (χ0n) is 19.2. The number of likely N-dealkylation sites (tertiary alicyclic amines) is 1. The lowest BCUT2D eigenvalue weighted by molar-refractivity contribution is -0.123. The molecule has 0 aliphatic carbocycles. The van der Waals surface area contributed by atoms with Crippen molar-refractivity contribution < 1.29 is 9.59 Å². The molecule has 3 aromatic rings. The molecule has 0 spiro atoms. The number of carbonyl (C=O) groups excluding carboxylic acids is 2. The van der Waals surface area contributed by atoms with Gasteiger partial charge in [-0.15, -0.1) is 22.7 Å². The number of nitrogens with one attached hydrogen (secondary N) is 2. The minimum Gasteiger partial charge on any atom is -0.302 e. The summed E-state index contributed by atoms with van der Waals surface area (Å²) in [6, 6.07) is 8.35. The summed E-state index contributed by atoms with van der Waals surface area (Å²) >= 11 is 2.92. The molecule has 0 bridgehead atoms. The van der Waals surface area contributed by atoms with Gasteiger partial charge < -0.3 is 10.6 Å². The van der Waals surface area contributed by atoms with E-state index < -0.39 is 0 Å². The largest absolute Gasteiger partial charge is 0.302 e. The SMILES string of the molecule is CCc1ccc(-c2csc(NC(=O)C3CCCN(CC(=O)Nc4nc(C)c(C)s4)C3)n2)cc1. The van der Waals surface area contributed by atoms with Gasteiger partial charge in [0.25, 0.3) is 0 Å². The second-order valence-corrected chi connectivity index (χ2v) is 10.4. The van der Waals surface area contributed by atoms with Crippen molar-refractivity contribution in [3.63, 3.8) is 0 Å². The molecule has 174 valence electrons. The molecule has 2 N–H and O–H groups in total. The molecule has 33 heavy (non-hydrogen) atoms. The Kier molecular flexibility index (Phi) is 7.52. The first kappa shape index (κ1) is 23.5. The van der Waals surface area contributed by atoms with Gasteiger partial charge in [0.15, 0.2) is 10.3 Å². The zero-order chi connectivity index (χ0) is 23.4. The van der Waals surface area contributed by atoms with Gasteiger partial charge >= 0.3 is 0 Å². The maximum Gasteiger partial charge on any atom is 0.240 e. The highest BCUT2D eigenvalue weighted by atomic mass is 32.1. The van der Waals surface area contributed by atoms with Gasteiger partial charge in [0.2, 0.25) is 11.8 Å². The van der Waals surface area contributed by atoms with E-state index in [0.717, 1.165) is 47.6 Å². The molecule has 4 rings (SSSR count). The number of carbonyl (C=O) groups is 2. The summed E-state index contributed by atoms with van der Waals surface area (Å²) in [5.74, 6) is -0.288. The van der Waals surface area contributed by atoms with Gasteiger partial charge in [-0.05, 0) is 45.2 Å². The lowest BCUT2D eigenvalue weighted by Crippen LogP contribution is -2.43. The van der Waals surface area contributed by atoms with Crippen molar-refractivity contribution in [1.82, 2.24) is 14.9 Å². The predicted molar refractivity (Wildman–Crippen MR) is 135 cm³/mol. The summed E-state index contributed by atoms with van der Waals surface area (Å²) in [5.41, 5.74) is 4.14. The number of hydrogen-bond acceptors (Lipinski definition) is 7. The number of piperidine rings is 1. The molecule has 1 aliphatic heterocycles. The number of thiazole rings is 2. The lowest BCUT2D eigenvalue weighted by Gasteiger charge is -2.31. The highest BCUT2D eigenvalue weighted by molar-refractivity contribution is 7.15. The maximum absolute atomic E-state index is 12.9. The van der Waals surface area contributed by atoms with Gasteiger partial charge in [-0.3, -0.25) is 14.5 Å². The van der Waals surface area contributed by atoms with Crippen LogP contribution in [0.15, 0.2) is 29.6 Å². The summed E-state index contributed by atoms with van der Waals surface area (Å²) in [6.45, 7) is 7.68. The van der Waals surface area contributed by atoms with Gasteiger partial charge in [-0.2, -0.15) is 0 Å². The summed E-state index contributed by atoms with van der Waals surface area (Å²) in [5, 5.41) is 9.07. The standard InChI is InChI=1S/C24H29N5O2S2/c1-4-17-7-9-18(10-8-17)20-14-32-23(26-20)28-22(31)19-6-5-11-29(12-19)13-21(30)27-24-25-15(2)16(3)33-24/h7-10,14,19H,4-6,11-13H2,1-3H3,(H,25,27,30)(H,26,28,31). The van der Waals surface area contributed by atoms with E-state index >= 15 is 0 Å². The van der Waals surface area contributed by atoms with E-state index in [1.54, 1.807) is 0 Å². The van der Waals surface area contributed by atoms with Crippen molar-refractivity contribution in [2.24, 2.45) is 5.92 Å². The van der Waals surface area contributed by atoms with Crippen molar-refractivity contribution in [2.75, 3.05) is 30.3 Å². The fourth-order valence-corrected chi connectivity index (χ4v) is 5.44. The van der Waals surface area contributed by atoms with Crippen LogP contribution in [0.3, 0.4) is 0 Å². The highest BCUT2D eigenvalue weighted by Gasteiger charge is 2.27. The molecule has 0 radical (unpaired) electrons. The minimum atomic E-state index is -0.160. The molecular weight excluding hydrogens is 454 g/mol. The molecule has 1 fully saturated rings. The zero-order valence-corrected chi connectivity index (χ0v) is 20.8. The fourth-order valence-electron chi connectivity index (χ4n) is 3.88. The van der Waals surface area contributed by atoms with Crippen LogP contribution in [0.5, 0.6) is 0 Å². The summed E-state index contributed by atoms with van der Waals surface area (Å²) < 4.78 is 0. The van der Waals surface area contributed by atoms with Crippen molar-refractivity contribution in [3.05, 3.63) is 45.8 Å². The van der Waals surface area contributed by atoms with E-state index in [0.29, 0.717) is 16.8 Å². The van der Waals surface area contributed by atoms with Gasteiger partial charge in [0.05, 0.1) is 23.9 Å². The van der Waals surface area contributed by atoms with E-state index in [2.05, 4.69) is 51.8 Å². The third kappa shape index (κ3) is 6.04. The quantitative estimate of drug-likeness (QED) is 0.507. The van der Waals surface area contributed by atoms with Gasteiger partial charge in [-0.1, -0.05) is 31.2 Å². The molecule has 2 amide bonds. The number of hydrogen-bond donors (Lipinski definition) is 2. The number of nitrogens with zero attached hydrogens (tertiary/aromatic N) is 3. The Balaban J connectivity index is 1.30. The maximum atomic E-state index is 12.9. The molecule has 1 atom stereocenters. The van der Waals surface area contributed by atoms with E-state index in [9.17, 15) is 9.59 Å². The van der Waals surface area contributed by atoms with Crippen molar-refractivity contribution >= 4 is 44.8 Å². The molecular formula is C24H29N5O2S2. The normalized spacial score (nSPS) is 16.5. The summed E-state index contributed by atoms with van der Waals surface area (Å²) in [6.07, 6.45) is 2.70. The van der Waals surface area contributed by atoms with Crippen LogP contribution < -0.4 is 10.6 Å². The molecule has 1 aliphatic rings. The number of amides is 2. The van der Waals surface area contributed by atoms with E-state index in [1.807, 2.05) is 24.1 Å². The average Bonchev–Trinajstić information content (AvgIpc) is 3.39. The van der Waals surface area contributed by atoms with Crippen molar-refractivity contribution in [1.29, 1.82) is 0 Å². The van der Waals surface area contributed by atoms with E-state index in [1.165, 1.54) is 28.2 Å². The predicted octanol–water partition coefficient (Wildman–Crippen LogP) is 4.74. The molecule has 1 unspecified atom stereocenters. The van der Waals surface area contributed by atoms with Crippen LogP contribution in [0, 0.1) is 19.8 Å². The Morgan fingerprint density at radius 1 is 1.12 bits per heavy atom. The average molecular weight is 484 g/mol. The molecule has 1 saturated heterocycles. The Bertz CT molecular complexity index is 1100. The number of aryl methyl sites for hydroxylation is 3. The van der Waals surface area contributed by atoms with Crippen LogP contribution >= 0.6 is 22.7 Å². The number of aromatic nitrogens is 2. The molecule has 2 aromatic heterocycles. The summed E-state index contributed by atoms with van der Waals surface area (Å²) in [7, 11) is 0. The third-order valence-electron chi connectivity index (χ3n) is 5.91. The smallest absolute Gasteiger partial charge is 0.240 e. The molecule has 7 nitrogen and oxygen atoms in total. The minimum absolute atomic E-state index is 0.0338. The third-order valence-corrected chi connectivity index (χ3v) is 7.66. The van der Waals surface area contributed by atoms with Gasteiger partial charge in [0.1, 0.15) is 0 Å². The lowest BCUT2D eigenvalue weighted by atomic mass is 9.97. The number of rotatable bonds is 7. The van der Waals surface area contributed by atoms with Gasteiger partial charge in [0, 0.05) is 22.4 Å². The van der Waals surface area contributed by atoms with Gasteiger partial charge in [-0.25, -0.2) is 9.97 Å². The monoisotopic (exact) mass is 483 g/mol. The van der Waals surface area contributed by atoms with Crippen LogP contribution in [0.4, 0.5) is 10.3 Å². The fraction of sp³-hybridized carbons (Fsp3) is 0.417. The molecule has 3 heterocycles. The Morgan fingerprint density at radius 2 is 1.91 bits per heavy atom.